The number of nitrogens with two attached hydrogens (primary N) is 1. The number of aromatic nitrogens is 1. The van der Waals surface area contributed by atoms with Crippen molar-refractivity contribution in [1.82, 2.24) is 10.3 Å². The first-order valence-corrected chi connectivity index (χ1v) is 5.49. The van der Waals surface area contributed by atoms with Gasteiger partial charge in [-0.25, -0.2) is 4.98 Å². The van der Waals surface area contributed by atoms with E-state index in [1.54, 1.807) is 6.20 Å². The van der Waals surface area contributed by atoms with E-state index in [9.17, 15) is 0 Å². The van der Waals surface area contributed by atoms with Gasteiger partial charge in [-0.2, -0.15) is 0 Å². The number of likely N-dealkylation sites (N-methyl/N-ethyl adjacent to an activating group) is 1. The van der Waals surface area contributed by atoms with Crippen LogP contribution in [-0.4, -0.2) is 30.7 Å². The van der Waals surface area contributed by atoms with E-state index >= 15 is 0 Å². The van der Waals surface area contributed by atoms with Crippen molar-refractivity contribution >= 4 is 11.5 Å². The van der Waals surface area contributed by atoms with Gasteiger partial charge in [-0.05, 0) is 25.1 Å². The molecular weight excluding hydrogens is 188 g/mol. The highest BCUT2D eigenvalue weighted by atomic mass is 15.2. The number of hydrogen-bond donors (Lipinski definition) is 2. The predicted octanol–water partition coefficient (Wildman–Crippen LogP) is 0.852. The molecule has 4 nitrogen and oxygen atoms in total. The van der Waals surface area contributed by atoms with Crippen LogP contribution in [0.25, 0.3) is 0 Å². The van der Waals surface area contributed by atoms with Crippen molar-refractivity contribution in [3.63, 3.8) is 0 Å². The Balaban J connectivity index is 1.98. The highest BCUT2D eigenvalue weighted by molar-refractivity contribution is 5.46. The summed E-state index contributed by atoms with van der Waals surface area (Å²) >= 11 is 0. The molecule has 4 heteroatoms. The van der Waals surface area contributed by atoms with E-state index in [1.165, 1.54) is 6.42 Å². The van der Waals surface area contributed by atoms with Gasteiger partial charge in [-0.1, -0.05) is 6.92 Å². The number of nitrogens with zero attached hydrogens (tertiary/aromatic N) is 2. The summed E-state index contributed by atoms with van der Waals surface area (Å²) in [7, 11) is 0. The molecule has 1 aromatic heterocycles. The molecule has 2 heterocycles. The van der Waals surface area contributed by atoms with Gasteiger partial charge in [0.2, 0.25) is 0 Å². The Kier molecular flexibility index (Phi) is 3.06. The standard InChI is InChI=1S/C11H18N4/c1-2-13-10-5-6-15(8-10)11-4-3-9(12)7-14-11/h3-4,7,10,13H,2,5-6,8,12H2,1H3/t10-/m1/s1. The first-order valence-electron chi connectivity index (χ1n) is 5.49. The Morgan fingerprint density at radius 2 is 2.47 bits per heavy atom. The molecule has 0 saturated carbocycles. The summed E-state index contributed by atoms with van der Waals surface area (Å²) in [5, 5.41) is 3.46. The van der Waals surface area contributed by atoms with Crippen molar-refractivity contribution in [2.45, 2.75) is 19.4 Å². The molecule has 0 spiro atoms. The van der Waals surface area contributed by atoms with Gasteiger partial charge < -0.3 is 16.0 Å². The van der Waals surface area contributed by atoms with Gasteiger partial charge in [0.15, 0.2) is 0 Å². The van der Waals surface area contributed by atoms with Crippen molar-refractivity contribution in [2.24, 2.45) is 0 Å². The molecule has 1 atom stereocenters. The number of anilines is 2. The largest absolute Gasteiger partial charge is 0.397 e. The Hall–Kier alpha value is -1.29. The molecule has 0 bridgehead atoms. The van der Waals surface area contributed by atoms with Crippen LogP contribution in [-0.2, 0) is 0 Å². The van der Waals surface area contributed by atoms with Crippen LogP contribution in [0.4, 0.5) is 11.5 Å². The van der Waals surface area contributed by atoms with Crippen molar-refractivity contribution in [3.8, 4) is 0 Å². The lowest BCUT2D eigenvalue weighted by atomic mass is 10.3. The van der Waals surface area contributed by atoms with Gasteiger partial charge in [-0.3, -0.25) is 0 Å². The van der Waals surface area contributed by atoms with Crippen molar-refractivity contribution in [2.75, 3.05) is 30.3 Å². The molecule has 0 unspecified atom stereocenters. The third-order valence-corrected chi connectivity index (χ3v) is 2.78. The van der Waals surface area contributed by atoms with E-state index in [4.69, 9.17) is 5.73 Å². The summed E-state index contributed by atoms with van der Waals surface area (Å²) in [5.74, 6) is 1.03. The molecular formula is C11H18N4. The number of rotatable bonds is 3. The minimum absolute atomic E-state index is 0.606. The molecule has 0 aromatic carbocycles. The zero-order chi connectivity index (χ0) is 10.7. The lowest BCUT2D eigenvalue weighted by molar-refractivity contribution is 0.571. The fourth-order valence-corrected chi connectivity index (χ4v) is 2.01. The molecule has 0 radical (unpaired) electrons. The molecule has 1 aliphatic heterocycles. The average molecular weight is 206 g/mol. The van der Waals surface area contributed by atoms with Gasteiger partial charge in [0.05, 0.1) is 11.9 Å². The van der Waals surface area contributed by atoms with E-state index in [-0.39, 0.29) is 0 Å². The number of pyridine rings is 1. The van der Waals surface area contributed by atoms with E-state index < -0.39 is 0 Å². The maximum Gasteiger partial charge on any atom is 0.128 e. The third-order valence-electron chi connectivity index (χ3n) is 2.78. The highest BCUT2D eigenvalue weighted by Gasteiger charge is 2.22. The van der Waals surface area contributed by atoms with Gasteiger partial charge >= 0.3 is 0 Å². The topological polar surface area (TPSA) is 54.2 Å². The predicted molar refractivity (Wildman–Crippen MR) is 62.9 cm³/mol. The second kappa shape index (κ2) is 4.49. The SMILES string of the molecule is CCN[C@@H]1CCN(c2ccc(N)cn2)C1. The van der Waals surface area contributed by atoms with E-state index in [1.807, 2.05) is 12.1 Å². The Bertz CT molecular complexity index is 309. The zero-order valence-corrected chi connectivity index (χ0v) is 9.11. The van der Waals surface area contributed by atoms with Gasteiger partial charge in [0.1, 0.15) is 5.82 Å². The van der Waals surface area contributed by atoms with Crippen molar-refractivity contribution < 1.29 is 0 Å². The minimum atomic E-state index is 0.606. The summed E-state index contributed by atoms with van der Waals surface area (Å²) in [6, 6.07) is 4.50. The van der Waals surface area contributed by atoms with Crippen LogP contribution in [0.5, 0.6) is 0 Å². The van der Waals surface area contributed by atoms with Crippen LogP contribution in [0.1, 0.15) is 13.3 Å². The van der Waals surface area contributed by atoms with Gasteiger partial charge in [0, 0.05) is 19.1 Å². The Morgan fingerprint density at radius 1 is 1.60 bits per heavy atom. The lowest BCUT2D eigenvalue weighted by Gasteiger charge is -2.17. The molecule has 1 fully saturated rings. The van der Waals surface area contributed by atoms with Crippen LogP contribution in [0.3, 0.4) is 0 Å². The molecule has 1 saturated heterocycles. The van der Waals surface area contributed by atoms with E-state index in [0.29, 0.717) is 6.04 Å². The van der Waals surface area contributed by atoms with Crippen LogP contribution < -0.4 is 16.0 Å². The van der Waals surface area contributed by atoms with Gasteiger partial charge in [-0.15, -0.1) is 0 Å². The fraction of sp³-hybridized carbons (Fsp3) is 0.545. The summed E-state index contributed by atoms with van der Waals surface area (Å²) in [4.78, 5) is 6.63. The first-order chi connectivity index (χ1) is 7.29. The van der Waals surface area contributed by atoms with Crippen LogP contribution in [0, 0.1) is 0 Å². The van der Waals surface area contributed by atoms with Crippen molar-refractivity contribution in [1.29, 1.82) is 0 Å². The molecule has 2 rings (SSSR count). The molecule has 1 aliphatic rings. The quantitative estimate of drug-likeness (QED) is 0.770. The molecule has 0 aliphatic carbocycles. The summed E-state index contributed by atoms with van der Waals surface area (Å²) < 4.78 is 0. The van der Waals surface area contributed by atoms with E-state index in [2.05, 4.69) is 22.1 Å². The normalized spacial score (nSPS) is 20.9. The Morgan fingerprint density at radius 3 is 3.13 bits per heavy atom. The van der Waals surface area contributed by atoms with Crippen LogP contribution in [0.15, 0.2) is 18.3 Å². The number of nitrogen functional groups attached to an aromatic ring is 1. The maximum absolute atomic E-state index is 5.61. The molecule has 3 N–H and O–H groups in total. The molecule has 15 heavy (non-hydrogen) atoms. The fourth-order valence-electron chi connectivity index (χ4n) is 2.01. The first kappa shape index (κ1) is 10.2. The number of nitrogens with one attached hydrogen (secondary N) is 1. The third kappa shape index (κ3) is 2.39. The Labute approximate surface area is 90.5 Å². The zero-order valence-electron chi connectivity index (χ0n) is 9.11. The molecule has 1 aromatic rings. The lowest BCUT2D eigenvalue weighted by Crippen LogP contribution is -2.32. The average Bonchev–Trinajstić information content (AvgIpc) is 2.68. The summed E-state index contributed by atoms with van der Waals surface area (Å²) in [6.45, 7) is 5.30. The van der Waals surface area contributed by atoms with Crippen LogP contribution >= 0.6 is 0 Å². The second-order valence-electron chi connectivity index (χ2n) is 3.94. The van der Waals surface area contributed by atoms with Crippen molar-refractivity contribution in [3.05, 3.63) is 18.3 Å². The second-order valence-corrected chi connectivity index (χ2v) is 3.94. The maximum atomic E-state index is 5.61. The summed E-state index contributed by atoms with van der Waals surface area (Å²) in [5.41, 5.74) is 6.33. The molecule has 82 valence electrons. The number of hydrogen-bond acceptors (Lipinski definition) is 4. The highest BCUT2D eigenvalue weighted by Crippen LogP contribution is 2.18. The van der Waals surface area contributed by atoms with Crippen LogP contribution in [0.2, 0.25) is 0 Å². The van der Waals surface area contributed by atoms with E-state index in [0.717, 1.165) is 31.1 Å². The smallest absolute Gasteiger partial charge is 0.128 e. The van der Waals surface area contributed by atoms with Gasteiger partial charge in [0.25, 0.3) is 0 Å². The summed E-state index contributed by atoms with van der Waals surface area (Å²) in [6.07, 6.45) is 2.91. The minimum Gasteiger partial charge on any atom is -0.397 e. The molecule has 0 amide bonds. The monoisotopic (exact) mass is 206 g/mol.